The molecule has 1 unspecified atom stereocenters. The average molecular weight is 727 g/mol. The second kappa shape index (κ2) is 17.7. The predicted octanol–water partition coefficient (Wildman–Crippen LogP) is 8.90. The summed E-state index contributed by atoms with van der Waals surface area (Å²) in [7, 11) is 0. The molecule has 0 bridgehead atoms. The van der Waals surface area contributed by atoms with Crippen LogP contribution in [-0.4, -0.2) is 56.6 Å². The van der Waals surface area contributed by atoms with E-state index in [9.17, 15) is 51.7 Å². The summed E-state index contributed by atoms with van der Waals surface area (Å²) in [6, 6.07) is 7.25. The summed E-state index contributed by atoms with van der Waals surface area (Å²) in [5.74, 6) is -8.99. The van der Waals surface area contributed by atoms with Gasteiger partial charge in [-0.15, -0.1) is 11.8 Å². The van der Waals surface area contributed by atoms with Crippen molar-refractivity contribution in [2.75, 3.05) is 0 Å². The van der Waals surface area contributed by atoms with Crippen LogP contribution in [0.4, 0.5) is 22.0 Å². The first kappa shape index (κ1) is 40.3. The third kappa shape index (κ3) is 10.2. The Morgan fingerprint density at radius 1 is 1.02 bits per heavy atom. The van der Waals surface area contributed by atoms with Gasteiger partial charge in [-0.1, -0.05) is 57.4 Å². The Labute approximate surface area is 289 Å². The molecule has 0 radical (unpaired) electrons. The third-order valence-corrected chi connectivity index (χ3v) is 9.00. The van der Waals surface area contributed by atoms with Crippen molar-refractivity contribution in [3.05, 3.63) is 87.8 Å². The number of ether oxygens (including phenoxy) is 1. The molecule has 1 heterocycles. The molecule has 0 saturated carbocycles. The van der Waals surface area contributed by atoms with Gasteiger partial charge in [-0.05, 0) is 62.9 Å². The lowest BCUT2D eigenvalue weighted by molar-refractivity contribution is -0.310. The van der Waals surface area contributed by atoms with Gasteiger partial charge in [0, 0.05) is 16.5 Å². The molecule has 272 valence electrons. The van der Waals surface area contributed by atoms with Crippen molar-refractivity contribution in [2.45, 2.75) is 100 Å². The number of carboxylic acids is 1. The number of thioether (sulfide) groups is 1. The number of aliphatic hydroxyl groups is 1. The van der Waals surface area contributed by atoms with Crippen molar-refractivity contribution in [3.8, 4) is 11.5 Å². The Bertz CT molecular complexity index is 1770. The maximum absolute atomic E-state index is 15.0. The lowest BCUT2D eigenvalue weighted by Gasteiger charge is -2.31. The summed E-state index contributed by atoms with van der Waals surface area (Å²) in [6.07, 6.45) is -2.15. The highest BCUT2D eigenvalue weighted by molar-refractivity contribution is 8.00. The minimum atomic E-state index is -6.02. The van der Waals surface area contributed by atoms with E-state index in [0.717, 1.165) is 56.1 Å². The number of halogens is 5. The van der Waals surface area contributed by atoms with Crippen molar-refractivity contribution in [1.29, 1.82) is 0 Å². The standard InChI is InChI=1S/C36H39F5O8S/c1-4-6-7-8-9-10-12-31(50-22-13-14-24-27(44)20-30(34(46)47)48-29(24)19-22)26(43)16-18-32(35(37,38)36(39,40)41)49-28-17-15-23(21(3)42)33(45)25(28)11-5-2/h8-10,12-15,17,19-20,26,31-32,43,45H,4-7,11,16,18H2,1-3H3,(H,46,47)/t26-,31+,32?/m1/s1. The summed E-state index contributed by atoms with van der Waals surface area (Å²) in [5.41, 5.74) is -0.893. The molecule has 14 heteroatoms. The van der Waals surface area contributed by atoms with Gasteiger partial charge >= 0.3 is 18.1 Å². The normalized spacial score (nSPS) is 14.3. The number of ketones is 1. The fourth-order valence-corrected chi connectivity index (χ4v) is 6.13. The highest BCUT2D eigenvalue weighted by atomic mass is 32.2. The van der Waals surface area contributed by atoms with Gasteiger partial charge in [-0.25, -0.2) is 4.79 Å². The molecule has 0 aliphatic carbocycles. The van der Waals surface area contributed by atoms with Gasteiger partial charge in [0.2, 0.25) is 5.76 Å². The predicted molar refractivity (Wildman–Crippen MR) is 180 cm³/mol. The van der Waals surface area contributed by atoms with Crippen molar-refractivity contribution >= 4 is 34.5 Å². The Hall–Kier alpha value is -4.17. The number of phenols is 1. The quantitative estimate of drug-likeness (QED) is 0.0386. The smallest absolute Gasteiger partial charge is 0.457 e. The van der Waals surface area contributed by atoms with E-state index >= 15 is 0 Å². The van der Waals surface area contributed by atoms with E-state index in [0.29, 0.717) is 11.3 Å². The zero-order valence-electron chi connectivity index (χ0n) is 27.6. The molecule has 0 fully saturated rings. The number of aromatic hydroxyl groups is 1. The molecule has 3 atom stereocenters. The molecule has 2 aromatic carbocycles. The van der Waals surface area contributed by atoms with Crippen molar-refractivity contribution < 1.29 is 56.0 Å². The molecule has 0 aliphatic heterocycles. The number of fused-ring (bicyclic) bond motifs is 1. The number of phenolic OH excluding ortho intramolecular Hbond substituents is 1. The number of rotatable bonds is 18. The van der Waals surface area contributed by atoms with E-state index in [1.165, 1.54) is 18.2 Å². The summed E-state index contributed by atoms with van der Waals surface area (Å²) in [6.45, 7) is 4.87. The third-order valence-electron chi connectivity index (χ3n) is 7.73. The summed E-state index contributed by atoms with van der Waals surface area (Å²) in [5, 5.41) is 30.3. The fourth-order valence-electron chi connectivity index (χ4n) is 5.03. The maximum Gasteiger partial charge on any atom is 0.457 e. The first-order valence-electron chi connectivity index (χ1n) is 16.0. The topological polar surface area (TPSA) is 134 Å². The molecule has 3 N–H and O–H groups in total. The molecule has 3 rings (SSSR count). The molecule has 0 aliphatic rings. The molecule has 0 amide bonds. The van der Waals surface area contributed by atoms with Crippen LogP contribution in [0.3, 0.4) is 0 Å². The number of carboxylic acid groups (broad SMARTS) is 1. The van der Waals surface area contributed by atoms with E-state index in [-0.39, 0.29) is 28.5 Å². The minimum Gasteiger partial charge on any atom is -0.507 e. The van der Waals surface area contributed by atoms with Crippen molar-refractivity contribution in [3.63, 3.8) is 0 Å². The van der Waals surface area contributed by atoms with Gasteiger partial charge < -0.3 is 24.5 Å². The van der Waals surface area contributed by atoms with Gasteiger partial charge in [0.25, 0.3) is 0 Å². The van der Waals surface area contributed by atoms with Crippen LogP contribution in [0.2, 0.25) is 0 Å². The minimum absolute atomic E-state index is 0.0182. The van der Waals surface area contributed by atoms with Crippen LogP contribution in [0.1, 0.15) is 85.8 Å². The number of unbranched alkanes of at least 4 members (excludes halogenated alkanes) is 2. The van der Waals surface area contributed by atoms with Gasteiger partial charge in [-0.3, -0.25) is 9.59 Å². The largest absolute Gasteiger partial charge is 0.507 e. The Balaban J connectivity index is 1.97. The van der Waals surface area contributed by atoms with Crippen LogP contribution in [-0.2, 0) is 6.42 Å². The van der Waals surface area contributed by atoms with Crippen LogP contribution in [0.25, 0.3) is 11.0 Å². The molecule has 0 spiro atoms. The zero-order valence-corrected chi connectivity index (χ0v) is 28.5. The van der Waals surface area contributed by atoms with Crippen LogP contribution in [0.15, 0.2) is 74.8 Å². The van der Waals surface area contributed by atoms with Crippen LogP contribution in [0, 0.1) is 0 Å². The Morgan fingerprint density at radius 2 is 1.74 bits per heavy atom. The number of aliphatic hydroxyl groups excluding tert-OH is 1. The number of carbonyl (C=O) groups excluding carboxylic acids is 1. The fraction of sp³-hybridized carbons (Fsp3) is 0.417. The second-order valence-corrected chi connectivity index (χ2v) is 12.8. The second-order valence-electron chi connectivity index (χ2n) is 11.6. The number of hydrogen-bond donors (Lipinski definition) is 3. The zero-order chi connectivity index (χ0) is 37.2. The number of alkyl halides is 5. The maximum atomic E-state index is 15.0. The summed E-state index contributed by atoms with van der Waals surface area (Å²) < 4.78 is 81.7. The summed E-state index contributed by atoms with van der Waals surface area (Å²) >= 11 is 0.988. The Morgan fingerprint density at radius 3 is 2.36 bits per heavy atom. The molecule has 1 aromatic heterocycles. The van der Waals surface area contributed by atoms with Gasteiger partial charge in [0.15, 0.2) is 17.3 Å². The van der Waals surface area contributed by atoms with E-state index in [4.69, 9.17) is 9.15 Å². The van der Waals surface area contributed by atoms with Crippen molar-refractivity contribution in [1.82, 2.24) is 0 Å². The highest BCUT2D eigenvalue weighted by Crippen LogP contribution is 2.43. The van der Waals surface area contributed by atoms with Crippen LogP contribution >= 0.6 is 11.8 Å². The van der Waals surface area contributed by atoms with E-state index in [2.05, 4.69) is 0 Å². The molecule has 50 heavy (non-hydrogen) atoms. The van der Waals surface area contributed by atoms with Crippen molar-refractivity contribution in [2.24, 2.45) is 0 Å². The van der Waals surface area contributed by atoms with E-state index in [1.54, 1.807) is 25.2 Å². The molecular formula is C36H39F5O8S. The monoisotopic (exact) mass is 726 g/mol. The molecular weight excluding hydrogens is 687 g/mol. The first-order valence-corrected chi connectivity index (χ1v) is 16.9. The molecule has 3 aromatic rings. The van der Waals surface area contributed by atoms with E-state index < -0.39 is 76.8 Å². The van der Waals surface area contributed by atoms with Gasteiger partial charge in [0.05, 0.1) is 22.3 Å². The highest BCUT2D eigenvalue weighted by Gasteiger charge is 2.63. The lowest BCUT2D eigenvalue weighted by Crippen LogP contribution is -2.50. The van der Waals surface area contributed by atoms with Gasteiger partial charge in [-0.2, -0.15) is 22.0 Å². The van der Waals surface area contributed by atoms with Crippen LogP contribution < -0.4 is 10.2 Å². The van der Waals surface area contributed by atoms with E-state index in [1.807, 2.05) is 13.0 Å². The average Bonchev–Trinajstić information content (AvgIpc) is 3.04. The molecule has 8 nitrogen and oxygen atoms in total. The lowest BCUT2D eigenvalue weighted by atomic mass is 9.99. The number of carbonyl (C=O) groups is 2. The number of Topliss-reactive ketones (excluding diaryl/α,β-unsaturated/α-hetero) is 1. The number of benzene rings is 2. The Kier molecular flexibility index (Phi) is 14.2. The van der Waals surface area contributed by atoms with Crippen LogP contribution in [0.5, 0.6) is 11.5 Å². The number of aromatic carboxylic acids is 1. The molecule has 0 saturated heterocycles. The van der Waals surface area contributed by atoms with Gasteiger partial charge in [0.1, 0.15) is 17.1 Å². The first-order chi connectivity index (χ1) is 23.5. The SMILES string of the molecule is CCCCC=CC=C[C@H](Sc1ccc2c(=O)cc(C(=O)O)oc2c1)[C@H](O)CCC(Oc1ccc(C(C)=O)c(O)c1CCC)C(F)(F)C(F)(F)F. The summed E-state index contributed by atoms with van der Waals surface area (Å²) in [4.78, 5) is 36.1. The number of hydrogen-bond acceptors (Lipinski definition) is 8. The number of allylic oxidation sites excluding steroid dienone is 3.